The highest BCUT2D eigenvalue weighted by atomic mass is 16.5. The Morgan fingerprint density at radius 2 is 2.14 bits per heavy atom. The summed E-state index contributed by atoms with van der Waals surface area (Å²) in [5.41, 5.74) is 1.07. The minimum atomic E-state index is 0.646. The number of likely N-dealkylation sites (tertiary alicyclic amines) is 1. The average molecular weight is 294 g/mol. The van der Waals surface area contributed by atoms with Crippen LogP contribution in [-0.2, 0) is 11.3 Å². The van der Waals surface area contributed by atoms with Crippen molar-refractivity contribution in [3.05, 3.63) is 11.9 Å². The van der Waals surface area contributed by atoms with Gasteiger partial charge < -0.3 is 19.5 Å². The van der Waals surface area contributed by atoms with Crippen molar-refractivity contribution in [2.24, 2.45) is 5.92 Å². The number of aryl methyl sites for hydroxylation is 2. The molecular weight excluding hydrogens is 264 g/mol. The molecule has 0 aromatic carbocycles. The molecule has 0 spiro atoms. The summed E-state index contributed by atoms with van der Waals surface area (Å²) in [6.45, 7) is 10.8. The second-order valence-electron chi connectivity index (χ2n) is 6.24. The Hall–Kier alpha value is -1.07. The number of rotatable bonds is 9. The van der Waals surface area contributed by atoms with Crippen LogP contribution in [0.1, 0.15) is 31.9 Å². The SMILES string of the molecule is COCCCn1cc(C)nc1NCC(C)CN1CCCC1. The third-order valence-electron chi connectivity index (χ3n) is 4.02. The summed E-state index contributed by atoms with van der Waals surface area (Å²) in [7, 11) is 1.75. The van der Waals surface area contributed by atoms with Gasteiger partial charge in [-0.2, -0.15) is 0 Å². The molecule has 0 saturated carbocycles. The van der Waals surface area contributed by atoms with Crippen molar-refractivity contribution in [1.29, 1.82) is 0 Å². The van der Waals surface area contributed by atoms with Crippen molar-refractivity contribution in [3.8, 4) is 0 Å². The summed E-state index contributed by atoms with van der Waals surface area (Å²) in [6, 6.07) is 0. The fourth-order valence-electron chi connectivity index (χ4n) is 2.97. The number of anilines is 1. The summed E-state index contributed by atoms with van der Waals surface area (Å²) < 4.78 is 7.33. The molecule has 2 heterocycles. The molecule has 1 N–H and O–H groups in total. The monoisotopic (exact) mass is 294 g/mol. The first-order valence-electron chi connectivity index (χ1n) is 8.18. The minimum absolute atomic E-state index is 0.646. The van der Waals surface area contributed by atoms with Gasteiger partial charge in [0, 0.05) is 39.5 Å². The van der Waals surface area contributed by atoms with Gasteiger partial charge in [0.25, 0.3) is 0 Å². The van der Waals surface area contributed by atoms with Crippen molar-refractivity contribution in [2.45, 2.75) is 39.7 Å². The molecule has 120 valence electrons. The van der Waals surface area contributed by atoms with Crippen molar-refractivity contribution in [3.63, 3.8) is 0 Å². The predicted octanol–water partition coefficient (Wildman–Crippen LogP) is 2.37. The number of hydrogen-bond acceptors (Lipinski definition) is 4. The van der Waals surface area contributed by atoms with Crippen molar-refractivity contribution in [2.75, 3.05) is 45.2 Å². The Labute approximate surface area is 128 Å². The van der Waals surface area contributed by atoms with Crippen LogP contribution < -0.4 is 5.32 Å². The van der Waals surface area contributed by atoms with Crippen LogP contribution in [0.2, 0.25) is 0 Å². The standard InChI is InChI=1S/C16H30N4O/c1-14(12-19-7-4-5-8-19)11-17-16-18-15(2)13-20(16)9-6-10-21-3/h13-14H,4-12H2,1-3H3,(H,17,18). The molecule has 0 bridgehead atoms. The second-order valence-corrected chi connectivity index (χ2v) is 6.24. The fourth-order valence-corrected chi connectivity index (χ4v) is 2.97. The number of nitrogens with zero attached hydrogens (tertiary/aromatic N) is 3. The smallest absolute Gasteiger partial charge is 0.203 e. The van der Waals surface area contributed by atoms with E-state index in [9.17, 15) is 0 Å². The predicted molar refractivity (Wildman–Crippen MR) is 86.8 cm³/mol. The van der Waals surface area contributed by atoms with Crippen LogP contribution >= 0.6 is 0 Å². The zero-order chi connectivity index (χ0) is 15.1. The van der Waals surface area contributed by atoms with Gasteiger partial charge in [-0.25, -0.2) is 4.98 Å². The van der Waals surface area contributed by atoms with Gasteiger partial charge in [-0.1, -0.05) is 6.92 Å². The molecule has 1 atom stereocenters. The molecule has 5 heteroatoms. The first-order valence-corrected chi connectivity index (χ1v) is 8.18. The highest BCUT2D eigenvalue weighted by Crippen LogP contribution is 2.13. The molecule has 1 unspecified atom stereocenters. The number of aromatic nitrogens is 2. The number of methoxy groups -OCH3 is 1. The van der Waals surface area contributed by atoms with Crippen LogP contribution in [0.4, 0.5) is 5.95 Å². The van der Waals surface area contributed by atoms with E-state index in [4.69, 9.17) is 4.74 Å². The van der Waals surface area contributed by atoms with Crippen LogP contribution in [0, 0.1) is 12.8 Å². The normalized spacial score (nSPS) is 17.3. The number of ether oxygens (including phenoxy) is 1. The summed E-state index contributed by atoms with van der Waals surface area (Å²) in [5, 5.41) is 3.52. The Bertz CT molecular complexity index is 412. The van der Waals surface area contributed by atoms with Crippen LogP contribution in [0.5, 0.6) is 0 Å². The zero-order valence-electron chi connectivity index (χ0n) is 13.8. The van der Waals surface area contributed by atoms with E-state index in [0.29, 0.717) is 5.92 Å². The molecule has 1 fully saturated rings. The third-order valence-corrected chi connectivity index (χ3v) is 4.02. The molecule has 0 amide bonds. The summed E-state index contributed by atoms with van der Waals surface area (Å²) in [6.07, 6.45) is 5.86. The fraction of sp³-hybridized carbons (Fsp3) is 0.812. The molecule has 1 aliphatic rings. The number of nitrogens with one attached hydrogen (secondary N) is 1. The molecule has 0 radical (unpaired) electrons. The van der Waals surface area contributed by atoms with E-state index in [1.807, 2.05) is 6.92 Å². The van der Waals surface area contributed by atoms with E-state index < -0.39 is 0 Å². The molecule has 21 heavy (non-hydrogen) atoms. The van der Waals surface area contributed by atoms with Crippen LogP contribution in [0.3, 0.4) is 0 Å². The van der Waals surface area contributed by atoms with Gasteiger partial charge >= 0.3 is 0 Å². The Kier molecular flexibility index (Phi) is 6.51. The van der Waals surface area contributed by atoms with Gasteiger partial charge in [-0.3, -0.25) is 0 Å². The molecule has 1 aromatic heterocycles. The number of hydrogen-bond donors (Lipinski definition) is 1. The maximum absolute atomic E-state index is 5.12. The highest BCUT2D eigenvalue weighted by Gasteiger charge is 2.15. The van der Waals surface area contributed by atoms with Crippen LogP contribution in [0.25, 0.3) is 0 Å². The van der Waals surface area contributed by atoms with E-state index in [1.54, 1.807) is 7.11 Å². The second kappa shape index (κ2) is 8.39. The van der Waals surface area contributed by atoms with Gasteiger partial charge in [-0.05, 0) is 45.2 Å². The van der Waals surface area contributed by atoms with Crippen LogP contribution in [0.15, 0.2) is 6.20 Å². The van der Waals surface area contributed by atoms with E-state index in [1.165, 1.54) is 32.5 Å². The maximum Gasteiger partial charge on any atom is 0.203 e. The topological polar surface area (TPSA) is 42.3 Å². The molecule has 5 nitrogen and oxygen atoms in total. The Balaban J connectivity index is 1.78. The molecule has 1 aliphatic heterocycles. The highest BCUT2D eigenvalue weighted by molar-refractivity contribution is 5.28. The van der Waals surface area contributed by atoms with Crippen molar-refractivity contribution >= 4 is 5.95 Å². The molecular formula is C16H30N4O. The van der Waals surface area contributed by atoms with Gasteiger partial charge in [0.05, 0.1) is 5.69 Å². The average Bonchev–Trinajstić information content (AvgIpc) is 3.07. The summed E-state index contributed by atoms with van der Waals surface area (Å²) in [4.78, 5) is 7.16. The maximum atomic E-state index is 5.12. The third kappa shape index (κ3) is 5.32. The lowest BCUT2D eigenvalue weighted by atomic mass is 10.1. The molecule has 1 aromatic rings. The lowest BCUT2D eigenvalue weighted by molar-refractivity contribution is 0.190. The van der Waals surface area contributed by atoms with E-state index >= 15 is 0 Å². The quantitative estimate of drug-likeness (QED) is 0.710. The first-order chi connectivity index (χ1) is 10.2. The van der Waals surface area contributed by atoms with Crippen molar-refractivity contribution < 1.29 is 4.74 Å². The Morgan fingerprint density at radius 1 is 1.38 bits per heavy atom. The van der Waals surface area contributed by atoms with Gasteiger partial charge in [0.15, 0.2) is 0 Å². The van der Waals surface area contributed by atoms with Gasteiger partial charge in [0.2, 0.25) is 5.95 Å². The van der Waals surface area contributed by atoms with Gasteiger partial charge in [-0.15, -0.1) is 0 Å². The Morgan fingerprint density at radius 3 is 2.86 bits per heavy atom. The molecule has 2 rings (SSSR count). The van der Waals surface area contributed by atoms with Crippen molar-refractivity contribution in [1.82, 2.24) is 14.5 Å². The summed E-state index contributed by atoms with van der Waals surface area (Å²) in [5.74, 6) is 1.64. The van der Waals surface area contributed by atoms with Gasteiger partial charge in [0.1, 0.15) is 0 Å². The van der Waals surface area contributed by atoms with Crippen LogP contribution in [-0.4, -0.2) is 54.3 Å². The lowest BCUT2D eigenvalue weighted by Gasteiger charge is -2.20. The lowest BCUT2D eigenvalue weighted by Crippen LogP contribution is -2.29. The number of imidazole rings is 1. The van der Waals surface area contributed by atoms with E-state index in [-0.39, 0.29) is 0 Å². The minimum Gasteiger partial charge on any atom is -0.385 e. The molecule has 1 saturated heterocycles. The van der Waals surface area contributed by atoms with E-state index in [2.05, 4.69) is 32.9 Å². The summed E-state index contributed by atoms with van der Waals surface area (Å²) >= 11 is 0. The largest absolute Gasteiger partial charge is 0.385 e. The zero-order valence-corrected chi connectivity index (χ0v) is 13.8. The molecule has 0 aliphatic carbocycles. The van der Waals surface area contributed by atoms with E-state index in [0.717, 1.165) is 37.8 Å². The first kappa shape index (κ1) is 16.3.